The molecule has 0 spiro atoms. The minimum Gasteiger partial charge on any atom is -0.480 e. The molecule has 1 aromatic carbocycles. The van der Waals surface area contributed by atoms with Gasteiger partial charge in [0.15, 0.2) is 0 Å². The number of nitrogens with one attached hydrogen (secondary N) is 1. The van der Waals surface area contributed by atoms with Crippen LogP contribution in [0, 0.1) is 26.6 Å². The van der Waals surface area contributed by atoms with E-state index in [1.165, 1.54) is 10.7 Å². The van der Waals surface area contributed by atoms with Crippen LogP contribution in [0.4, 0.5) is 4.39 Å². The van der Waals surface area contributed by atoms with E-state index in [0.29, 0.717) is 17.0 Å². The number of sulfonamides is 1. The van der Waals surface area contributed by atoms with Gasteiger partial charge in [0.05, 0.1) is 5.69 Å². The molecule has 1 aromatic heterocycles. The van der Waals surface area contributed by atoms with Gasteiger partial charge >= 0.3 is 5.97 Å². The molecule has 0 bridgehead atoms. The quantitative estimate of drug-likeness (QED) is 0.848. The fourth-order valence-corrected chi connectivity index (χ4v) is 3.80. The smallest absolute Gasteiger partial charge is 0.326 e. The third-order valence-corrected chi connectivity index (χ3v) is 5.19. The highest BCUT2D eigenvalue weighted by atomic mass is 32.2. The topological polar surface area (TPSA) is 101 Å². The minimum absolute atomic E-state index is 0.238. The van der Waals surface area contributed by atoms with Crippen LogP contribution in [-0.4, -0.2) is 29.3 Å². The number of aromatic nitrogens is 2. The molecule has 0 amide bonds. The Balaban J connectivity index is 2.52. The highest BCUT2D eigenvalue weighted by Crippen LogP contribution is 2.25. The Labute approximate surface area is 139 Å². The zero-order valence-electron chi connectivity index (χ0n) is 13.7. The number of carboxylic acids is 1. The third kappa shape index (κ3) is 3.31. The summed E-state index contributed by atoms with van der Waals surface area (Å²) in [6.07, 6.45) is 0. The Morgan fingerprint density at radius 2 is 1.96 bits per heavy atom. The van der Waals surface area contributed by atoms with Gasteiger partial charge in [-0.25, -0.2) is 12.8 Å². The standard InChI is InChI=1S/C15H18FN3O4S/c1-8-5-6-11(16)12(7-8)24(22,23)18-14(15(20)21)13-9(2)17-19(4)10(13)3/h5-7,14,18H,1-4H3,(H,20,21). The van der Waals surface area contributed by atoms with E-state index in [0.717, 1.165) is 12.1 Å². The Morgan fingerprint density at radius 1 is 1.33 bits per heavy atom. The van der Waals surface area contributed by atoms with Gasteiger partial charge in [-0.3, -0.25) is 9.48 Å². The summed E-state index contributed by atoms with van der Waals surface area (Å²) in [5.41, 5.74) is 1.67. The highest BCUT2D eigenvalue weighted by molar-refractivity contribution is 7.89. The molecule has 0 aliphatic carbocycles. The van der Waals surface area contributed by atoms with Crippen molar-refractivity contribution in [2.24, 2.45) is 7.05 Å². The first-order valence-corrected chi connectivity index (χ1v) is 8.54. The van der Waals surface area contributed by atoms with Crippen molar-refractivity contribution >= 4 is 16.0 Å². The zero-order valence-corrected chi connectivity index (χ0v) is 14.5. The molecule has 9 heteroatoms. The average molecular weight is 355 g/mol. The average Bonchev–Trinajstić information content (AvgIpc) is 2.72. The molecule has 0 saturated carbocycles. The summed E-state index contributed by atoms with van der Waals surface area (Å²) in [5, 5.41) is 13.6. The fourth-order valence-electron chi connectivity index (χ4n) is 2.48. The number of nitrogens with zero attached hydrogens (tertiary/aromatic N) is 2. The van der Waals surface area contributed by atoms with E-state index >= 15 is 0 Å². The summed E-state index contributed by atoms with van der Waals surface area (Å²) in [4.78, 5) is 11.0. The summed E-state index contributed by atoms with van der Waals surface area (Å²) in [7, 11) is -2.75. The van der Waals surface area contributed by atoms with Gasteiger partial charge in [-0.05, 0) is 38.5 Å². The molecule has 2 rings (SSSR count). The van der Waals surface area contributed by atoms with Gasteiger partial charge in [0.1, 0.15) is 16.8 Å². The van der Waals surface area contributed by atoms with E-state index < -0.39 is 32.7 Å². The number of benzene rings is 1. The van der Waals surface area contributed by atoms with E-state index in [9.17, 15) is 22.7 Å². The molecule has 2 aromatic rings. The van der Waals surface area contributed by atoms with Gasteiger partial charge in [-0.15, -0.1) is 0 Å². The number of hydrogen-bond acceptors (Lipinski definition) is 4. The summed E-state index contributed by atoms with van der Waals surface area (Å²) < 4.78 is 42.4. The first-order chi connectivity index (χ1) is 11.0. The monoisotopic (exact) mass is 355 g/mol. The van der Waals surface area contributed by atoms with Crippen LogP contribution in [0.15, 0.2) is 23.1 Å². The van der Waals surface area contributed by atoms with Crippen LogP contribution in [0.2, 0.25) is 0 Å². The Bertz CT molecular complexity index is 906. The number of aliphatic carboxylic acids is 1. The van der Waals surface area contributed by atoms with E-state index in [1.807, 2.05) is 0 Å². The highest BCUT2D eigenvalue weighted by Gasteiger charge is 2.32. The summed E-state index contributed by atoms with van der Waals surface area (Å²) >= 11 is 0. The van der Waals surface area contributed by atoms with Gasteiger partial charge in [0.2, 0.25) is 10.0 Å². The van der Waals surface area contributed by atoms with Crippen LogP contribution in [0.3, 0.4) is 0 Å². The van der Waals surface area contributed by atoms with E-state index in [4.69, 9.17) is 0 Å². The summed E-state index contributed by atoms with van der Waals surface area (Å²) in [5.74, 6) is -2.34. The van der Waals surface area contributed by atoms with Crippen molar-refractivity contribution in [3.05, 3.63) is 46.5 Å². The summed E-state index contributed by atoms with van der Waals surface area (Å²) in [6.45, 7) is 4.83. The number of aryl methyl sites for hydroxylation is 3. The van der Waals surface area contributed by atoms with Crippen LogP contribution in [-0.2, 0) is 21.9 Å². The van der Waals surface area contributed by atoms with Gasteiger partial charge < -0.3 is 5.11 Å². The predicted octanol–water partition coefficient (Wildman–Crippen LogP) is 1.59. The molecule has 1 atom stereocenters. The molecule has 2 N–H and O–H groups in total. The zero-order chi connectivity index (χ0) is 18.2. The van der Waals surface area contributed by atoms with Gasteiger partial charge in [-0.1, -0.05) is 6.07 Å². The first-order valence-electron chi connectivity index (χ1n) is 7.06. The molecule has 0 aliphatic rings. The Kier molecular flexibility index (Phi) is 4.77. The van der Waals surface area contributed by atoms with Crippen LogP contribution in [0.1, 0.15) is 28.6 Å². The normalized spacial score (nSPS) is 13.0. The fraction of sp³-hybridized carbons (Fsp3) is 0.333. The molecule has 24 heavy (non-hydrogen) atoms. The van der Waals surface area contributed by atoms with Crippen LogP contribution in [0.25, 0.3) is 0 Å². The lowest BCUT2D eigenvalue weighted by molar-refractivity contribution is -0.139. The van der Waals surface area contributed by atoms with Crippen LogP contribution in [0.5, 0.6) is 0 Å². The molecule has 0 radical (unpaired) electrons. The molecule has 1 unspecified atom stereocenters. The number of halogens is 1. The lowest BCUT2D eigenvalue weighted by Crippen LogP contribution is -2.35. The first kappa shape index (κ1) is 18.1. The second-order valence-corrected chi connectivity index (χ2v) is 7.22. The number of hydrogen-bond donors (Lipinski definition) is 2. The maximum absolute atomic E-state index is 13.9. The Hall–Kier alpha value is -2.26. The van der Waals surface area contributed by atoms with Crippen molar-refractivity contribution < 1.29 is 22.7 Å². The van der Waals surface area contributed by atoms with Gasteiger partial charge in [-0.2, -0.15) is 9.82 Å². The largest absolute Gasteiger partial charge is 0.480 e. The van der Waals surface area contributed by atoms with Gasteiger partial charge in [0.25, 0.3) is 0 Å². The second-order valence-electron chi connectivity index (χ2n) is 5.53. The molecular formula is C15H18FN3O4S. The lowest BCUT2D eigenvalue weighted by Gasteiger charge is -2.16. The number of carboxylic acid groups (broad SMARTS) is 1. The second kappa shape index (κ2) is 6.33. The van der Waals surface area contributed by atoms with Gasteiger partial charge in [0, 0.05) is 18.3 Å². The molecule has 0 fully saturated rings. The van der Waals surface area contributed by atoms with Crippen LogP contribution < -0.4 is 4.72 Å². The van der Waals surface area contributed by atoms with Crippen molar-refractivity contribution in [2.45, 2.75) is 31.7 Å². The maximum atomic E-state index is 13.9. The summed E-state index contributed by atoms with van der Waals surface area (Å²) in [6, 6.07) is 2.04. The van der Waals surface area contributed by atoms with Crippen molar-refractivity contribution in [3.63, 3.8) is 0 Å². The van der Waals surface area contributed by atoms with E-state index in [1.54, 1.807) is 27.8 Å². The molecule has 0 saturated heterocycles. The molecule has 130 valence electrons. The third-order valence-electron chi connectivity index (χ3n) is 3.75. The SMILES string of the molecule is Cc1ccc(F)c(S(=O)(=O)NC(C(=O)O)c2c(C)nn(C)c2C)c1. The molecular weight excluding hydrogens is 337 g/mol. The Morgan fingerprint density at radius 3 is 2.46 bits per heavy atom. The molecule has 7 nitrogen and oxygen atoms in total. The number of rotatable bonds is 5. The maximum Gasteiger partial charge on any atom is 0.326 e. The number of carbonyl (C=O) groups is 1. The predicted molar refractivity (Wildman–Crippen MR) is 84.5 cm³/mol. The van der Waals surface area contributed by atoms with Crippen molar-refractivity contribution in [3.8, 4) is 0 Å². The van der Waals surface area contributed by atoms with Crippen molar-refractivity contribution in [1.29, 1.82) is 0 Å². The minimum atomic E-state index is -4.37. The molecule has 1 heterocycles. The lowest BCUT2D eigenvalue weighted by atomic mass is 10.1. The van der Waals surface area contributed by atoms with Crippen LogP contribution >= 0.6 is 0 Å². The van der Waals surface area contributed by atoms with E-state index in [-0.39, 0.29) is 5.56 Å². The molecule has 0 aliphatic heterocycles. The van der Waals surface area contributed by atoms with Crippen molar-refractivity contribution in [1.82, 2.24) is 14.5 Å². The van der Waals surface area contributed by atoms with Crippen molar-refractivity contribution in [2.75, 3.05) is 0 Å². The van der Waals surface area contributed by atoms with E-state index in [2.05, 4.69) is 9.82 Å².